The Bertz CT molecular complexity index is 709. The molecule has 0 aliphatic heterocycles. The van der Waals surface area contributed by atoms with E-state index < -0.39 is 0 Å². The van der Waals surface area contributed by atoms with Crippen LogP contribution in [0, 0.1) is 0 Å². The number of rotatable bonds is 4. The molecule has 1 aliphatic rings. The standard InChI is InChI=1S/C17H15ClO3/c1-20-15-8-13(14(18)9-16(15)21-2)17(19)12-7-10-5-3-4-6-11(10)12/h3-6,8-9,12H,7H2,1-2H3. The number of carbonyl (C=O) groups excluding carboxylic acids is 1. The highest BCUT2D eigenvalue weighted by molar-refractivity contribution is 6.34. The third-order valence-electron chi connectivity index (χ3n) is 3.91. The number of halogens is 1. The molecule has 0 aromatic heterocycles. The molecule has 0 N–H and O–H groups in total. The van der Waals surface area contributed by atoms with Gasteiger partial charge < -0.3 is 9.47 Å². The molecule has 0 spiro atoms. The van der Waals surface area contributed by atoms with Crippen LogP contribution < -0.4 is 9.47 Å². The Morgan fingerprint density at radius 1 is 1.14 bits per heavy atom. The van der Waals surface area contributed by atoms with Gasteiger partial charge in [-0.3, -0.25) is 4.79 Å². The molecule has 108 valence electrons. The maximum absolute atomic E-state index is 12.7. The zero-order chi connectivity index (χ0) is 15.0. The van der Waals surface area contributed by atoms with Crippen LogP contribution in [0.4, 0.5) is 0 Å². The fourth-order valence-electron chi connectivity index (χ4n) is 2.72. The zero-order valence-corrected chi connectivity index (χ0v) is 12.6. The Balaban J connectivity index is 1.96. The smallest absolute Gasteiger partial charge is 0.172 e. The van der Waals surface area contributed by atoms with E-state index in [0.717, 1.165) is 12.0 Å². The van der Waals surface area contributed by atoms with Crippen LogP contribution in [0.25, 0.3) is 0 Å². The van der Waals surface area contributed by atoms with Gasteiger partial charge in [-0.1, -0.05) is 35.9 Å². The first-order valence-corrected chi connectivity index (χ1v) is 7.07. The number of hydrogen-bond acceptors (Lipinski definition) is 3. The molecule has 1 unspecified atom stereocenters. The second-order valence-electron chi connectivity index (χ2n) is 5.01. The summed E-state index contributed by atoms with van der Waals surface area (Å²) >= 11 is 6.23. The van der Waals surface area contributed by atoms with Gasteiger partial charge in [-0.2, -0.15) is 0 Å². The Kier molecular flexibility index (Phi) is 3.60. The van der Waals surface area contributed by atoms with Crippen LogP contribution in [-0.2, 0) is 6.42 Å². The van der Waals surface area contributed by atoms with E-state index in [4.69, 9.17) is 21.1 Å². The molecule has 0 saturated heterocycles. The van der Waals surface area contributed by atoms with E-state index in [0.29, 0.717) is 22.1 Å². The SMILES string of the molecule is COc1cc(Cl)c(C(=O)C2Cc3ccccc32)cc1OC. The van der Waals surface area contributed by atoms with Crippen LogP contribution in [0.1, 0.15) is 27.4 Å². The van der Waals surface area contributed by atoms with Gasteiger partial charge in [0.15, 0.2) is 17.3 Å². The molecule has 0 bridgehead atoms. The normalized spacial score (nSPS) is 15.9. The molecule has 4 heteroatoms. The second-order valence-corrected chi connectivity index (χ2v) is 5.41. The number of ketones is 1. The van der Waals surface area contributed by atoms with Crippen molar-refractivity contribution in [2.45, 2.75) is 12.3 Å². The molecule has 2 aromatic carbocycles. The van der Waals surface area contributed by atoms with Crippen molar-refractivity contribution in [1.82, 2.24) is 0 Å². The van der Waals surface area contributed by atoms with Gasteiger partial charge in [-0.25, -0.2) is 0 Å². The zero-order valence-electron chi connectivity index (χ0n) is 11.9. The van der Waals surface area contributed by atoms with Crippen molar-refractivity contribution in [2.24, 2.45) is 0 Å². The maximum Gasteiger partial charge on any atom is 0.172 e. The Morgan fingerprint density at radius 2 is 1.81 bits per heavy atom. The first-order chi connectivity index (χ1) is 10.2. The second kappa shape index (κ2) is 5.41. The van der Waals surface area contributed by atoms with Crippen LogP contribution in [0.3, 0.4) is 0 Å². The minimum absolute atomic E-state index is 0.0275. The van der Waals surface area contributed by atoms with Crippen LogP contribution in [-0.4, -0.2) is 20.0 Å². The van der Waals surface area contributed by atoms with Gasteiger partial charge in [-0.05, 0) is 23.6 Å². The number of hydrogen-bond donors (Lipinski definition) is 0. The summed E-state index contributed by atoms with van der Waals surface area (Å²) in [5.41, 5.74) is 2.80. The summed E-state index contributed by atoms with van der Waals surface area (Å²) in [5.74, 6) is 0.947. The fraction of sp³-hybridized carbons (Fsp3) is 0.235. The highest BCUT2D eigenvalue weighted by Crippen LogP contribution is 2.40. The number of ether oxygens (including phenoxy) is 2. The number of methoxy groups -OCH3 is 2. The lowest BCUT2D eigenvalue weighted by Crippen LogP contribution is -2.25. The van der Waals surface area contributed by atoms with Gasteiger partial charge in [0.25, 0.3) is 0 Å². The van der Waals surface area contributed by atoms with Crippen molar-refractivity contribution in [1.29, 1.82) is 0 Å². The number of Topliss-reactive ketones (excluding diaryl/α,β-unsaturated/α-hetero) is 1. The van der Waals surface area contributed by atoms with Gasteiger partial charge in [0, 0.05) is 11.6 Å². The maximum atomic E-state index is 12.7. The summed E-state index contributed by atoms with van der Waals surface area (Å²) in [7, 11) is 3.08. The van der Waals surface area contributed by atoms with Crippen LogP contribution >= 0.6 is 11.6 Å². The molecule has 1 aliphatic carbocycles. The van der Waals surface area contributed by atoms with E-state index in [2.05, 4.69) is 6.07 Å². The molecular formula is C17H15ClO3. The average Bonchev–Trinajstić information content (AvgIpc) is 2.48. The molecule has 21 heavy (non-hydrogen) atoms. The molecule has 0 amide bonds. The van der Waals surface area contributed by atoms with E-state index >= 15 is 0 Å². The molecule has 0 saturated carbocycles. The average molecular weight is 303 g/mol. The van der Waals surface area contributed by atoms with Crippen LogP contribution in [0.5, 0.6) is 11.5 Å². The summed E-state index contributed by atoms with van der Waals surface area (Å²) in [6.45, 7) is 0. The minimum Gasteiger partial charge on any atom is -0.493 e. The van der Waals surface area contributed by atoms with E-state index in [1.807, 2.05) is 18.2 Å². The molecule has 3 nitrogen and oxygen atoms in total. The third-order valence-corrected chi connectivity index (χ3v) is 4.22. The van der Waals surface area contributed by atoms with Crippen LogP contribution in [0.15, 0.2) is 36.4 Å². The van der Waals surface area contributed by atoms with Crippen molar-refractivity contribution in [2.75, 3.05) is 14.2 Å². The number of benzene rings is 2. The van der Waals surface area contributed by atoms with Gasteiger partial charge in [0.2, 0.25) is 0 Å². The van der Waals surface area contributed by atoms with E-state index in [1.54, 1.807) is 19.2 Å². The fourth-order valence-corrected chi connectivity index (χ4v) is 2.97. The monoisotopic (exact) mass is 302 g/mol. The van der Waals surface area contributed by atoms with Gasteiger partial charge in [-0.15, -0.1) is 0 Å². The summed E-state index contributed by atoms with van der Waals surface area (Å²) < 4.78 is 10.4. The van der Waals surface area contributed by atoms with E-state index in [9.17, 15) is 4.79 Å². The van der Waals surface area contributed by atoms with Crippen molar-refractivity contribution in [3.63, 3.8) is 0 Å². The highest BCUT2D eigenvalue weighted by atomic mass is 35.5. The molecule has 0 fully saturated rings. The lowest BCUT2D eigenvalue weighted by atomic mass is 9.74. The first kappa shape index (κ1) is 14.0. The Hall–Kier alpha value is -2.00. The minimum atomic E-state index is -0.114. The van der Waals surface area contributed by atoms with Gasteiger partial charge in [0.05, 0.1) is 25.2 Å². The third kappa shape index (κ3) is 2.28. The topological polar surface area (TPSA) is 35.5 Å². The van der Waals surface area contributed by atoms with Gasteiger partial charge in [0.1, 0.15) is 0 Å². The van der Waals surface area contributed by atoms with Crippen molar-refractivity contribution in [3.05, 3.63) is 58.1 Å². The molecule has 3 rings (SSSR count). The molecule has 0 heterocycles. The van der Waals surface area contributed by atoms with Crippen molar-refractivity contribution >= 4 is 17.4 Å². The summed E-state index contributed by atoms with van der Waals surface area (Å²) in [5, 5.41) is 0.391. The molecule has 0 radical (unpaired) electrons. The molecule has 2 aromatic rings. The predicted octanol–water partition coefficient (Wildman–Crippen LogP) is 3.88. The number of fused-ring (bicyclic) bond motifs is 1. The van der Waals surface area contributed by atoms with Crippen molar-refractivity contribution in [3.8, 4) is 11.5 Å². The predicted molar refractivity (Wildman–Crippen MR) is 81.8 cm³/mol. The van der Waals surface area contributed by atoms with Crippen LogP contribution in [0.2, 0.25) is 5.02 Å². The number of carbonyl (C=O) groups is 1. The first-order valence-electron chi connectivity index (χ1n) is 6.69. The summed E-state index contributed by atoms with van der Waals surface area (Å²) in [4.78, 5) is 12.7. The van der Waals surface area contributed by atoms with E-state index in [-0.39, 0.29) is 11.7 Å². The van der Waals surface area contributed by atoms with E-state index in [1.165, 1.54) is 12.7 Å². The Labute approximate surface area is 128 Å². The molecular weight excluding hydrogens is 288 g/mol. The Morgan fingerprint density at radius 3 is 2.48 bits per heavy atom. The van der Waals surface area contributed by atoms with Gasteiger partial charge >= 0.3 is 0 Å². The quantitative estimate of drug-likeness (QED) is 0.804. The lowest BCUT2D eigenvalue weighted by molar-refractivity contribution is 0.0948. The summed E-state index contributed by atoms with van der Waals surface area (Å²) in [6.07, 6.45) is 0.764. The molecule has 1 atom stereocenters. The largest absolute Gasteiger partial charge is 0.493 e. The summed E-state index contributed by atoms with van der Waals surface area (Å²) in [6, 6.07) is 11.3. The lowest BCUT2D eigenvalue weighted by Gasteiger charge is -2.29. The highest BCUT2D eigenvalue weighted by Gasteiger charge is 2.33. The van der Waals surface area contributed by atoms with Crippen molar-refractivity contribution < 1.29 is 14.3 Å².